The summed E-state index contributed by atoms with van der Waals surface area (Å²) in [5.74, 6) is -0.233. The summed E-state index contributed by atoms with van der Waals surface area (Å²) in [5, 5.41) is 45.5. The van der Waals surface area contributed by atoms with Crippen LogP contribution in [0.4, 0.5) is 0 Å². The van der Waals surface area contributed by atoms with Gasteiger partial charge < -0.3 is 16.6 Å². The number of nitrogens with two attached hydrogens (primary N) is 2. The Balaban J connectivity index is 3.39. The maximum atomic E-state index is 10.3. The Morgan fingerprint density at radius 2 is 1.27 bits per heavy atom. The van der Waals surface area contributed by atoms with Crippen LogP contribution < -0.4 is 11.5 Å². The van der Waals surface area contributed by atoms with Gasteiger partial charge in [-0.3, -0.25) is 0 Å². The van der Waals surface area contributed by atoms with Gasteiger partial charge in [-0.15, -0.1) is 0 Å². The van der Waals surface area contributed by atoms with E-state index in [1.54, 1.807) is 43.3 Å². The van der Waals surface area contributed by atoms with Crippen molar-refractivity contribution in [1.82, 2.24) is 0 Å². The van der Waals surface area contributed by atoms with E-state index in [1.807, 2.05) is 0 Å². The van der Waals surface area contributed by atoms with Crippen molar-refractivity contribution in [3.05, 3.63) is 51.6 Å². The Morgan fingerprint density at radius 1 is 0.885 bits per heavy atom. The second-order valence-corrected chi connectivity index (χ2v) is 4.78. The van der Waals surface area contributed by atoms with E-state index in [4.69, 9.17) is 32.5 Å². The maximum Gasteiger partial charge on any atom is 0.174 e. The van der Waals surface area contributed by atoms with Crippen LogP contribution in [-0.2, 0) is 0 Å². The number of aliphatic imine (C=N–C) groups is 2. The Bertz CT molecular complexity index is 938. The number of hydrogen-bond donors (Lipinski definition) is 3. The monoisotopic (exact) mass is 344 g/mol. The van der Waals surface area contributed by atoms with Crippen molar-refractivity contribution in [3.63, 3.8) is 0 Å². The molecule has 0 bridgehead atoms. The Morgan fingerprint density at radius 3 is 1.58 bits per heavy atom. The molecule has 1 rings (SSSR count). The van der Waals surface area contributed by atoms with Gasteiger partial charge >= 0.3 is 0 Å². The third kappa shape index (κ3) is 4.70. The topological polar surface area (TPSA) is 192 Å². The van der Waals surface area contributed by atoms with Crippen LogP contribution in [0.15, 0.2) is 44.9 Å². The summed E-state index contributed by atoms with van der Waals surface area (Å²) >= 11 is 0. The van der Waals surface area contributed by atoms with E-state index in [9.17, 15) is 5.11 Å². The number of aromatic hydroxyl groups is 1. The quantitative estimate of drug-likeness (QED) is 0.534. The predicted molar refractivity (Wildman–Crippen MR) is 92.9 cm³/mol. The molecule has 0 radical (unpaired) electrons. The second kappa shape index (κ2) is 8.88. The lowest BCUT2D eigenvalue weighted by molar-refractivity contribution is 0.473. The van der Waals surface area contributed by atoms with Gasteiger partial charge in [0.2, 0.25) is 0 Å². The molecule has 0 aliphatic carbocycles. The average Bonchev–Trinajstić information content (AvgIpc) is 2.64. The molecule has 0 fully saturated rings. The number of nitrogens with zero attached hydrogens (tertiary/aromatic N) is 6. The summed E-state index contributed by atoms with van der Waals surface area (Å²) in [6, 6.07) is 9.74. The van der Waals surface area contributed by atoms with Gasteiger partial charge in [-0.05, 0) is 24.6 Å². The molecule has 0 aliphatic heterocycles. The minimum atomic E-state index is -0.353. The fourth-order valence-corrected chi connectivity index (χ4v) is 1.72. The van der Waals surface area contributed by atoms with Gasteiger partial charge in [0, 0.05) is 23.6 Å². The summed E-state index contributed by atoms with van der Waals surface area (Å²) in [7, 11) is 0. The van der Waals surface area contributed by atoms with Crippen LogP contribution >= 0.6 is 0 Å². The molecular weight excluding hydrogens is 332 g/mol. The molecule has 5 N–H and O–H groups in total. The van der Waals surface area contributed by atoms with Crippen LogP contribution in [0, 0.1) is 52.2 Å². The molecule has 0 saturated carbocycles. The van der Waals surface area contributed by atoms with E-state index < -0.39 is 0 Å². The van der Waals surface area contributed by atoms with Gasteiger partial charge in [0.15, 0.2) is 11.4 Å². The zero-order valence-corrected chi connectivity index (χ0v) is 13.6. The first-order valence-electron chi connectivity index (χ1n) is 6.89. The van der Waals surface area contributed by atoms with Crippen LogP contribution in [0.5, 0.6) is 5.75 Å². The standard InChI is InChI=1S/C17H12N8O/c1-10-2-11(8-24-15(6-20)13(22)4-18)17(26)12(3-10)9-25-16(7-21)14(23)5-19/h2-3,8-9,26H,22-23H2,1H3/b15-13-,16-14-,24-8?,25-9?. The summed E-state index contributed by atoms with van der Waals surface area (Å²) in [6.07, 6.45) is 2.35. The van der Waals surface area contributed by atoms with Gasteiger partial charge in [-0.2, -0.15) is 21.0 Å². The molecule has 9 heteroatoms. The highest BCUT2D eigenvalue weighted by atomic mass is 16.3. The van der Waals surface area contributed by atoms with Crippen LogP contribution in [0.3, 0.4) is 0 Å². The number of phenolic OH excluding ortho intramolecular Hbond substituents is 1. The average molecular weight is 344 g/mol. The number of allylic oxidation sites excluding steroid dienone is 4. The minimum absolute atomic E-state index is 0.233. The molecule has 9 nitrogen and oxygen atoms in total. The molecule has 1 aromatic carbocycles. The second-order valence-electron chi connectivity index (χ2n) is 4.78. The molecule has 0 amide bonds. The van der Waals surface area contributed by atoms with Crippen molar-refractivity contribution < 1.29 is 5.11 Å². The van der Waals surface area contributed by atoms with E-state index >= 15 is 0 Å². The first kappa shape index (κ1) is 19.4. The molecule has 0 aromatic heterocycles. The number of aryl methyl sites for hydroxylation is 1. The van der Waals surface area contributed by atoms with E-state index in [0.717, 1.165) is 5.56 Å². The zero-order chi connectivity index (χ0) is 19.7. The molecule has 0 saturated heterocycles. The van der Waals surface area contributed by atoms with Gasteiger partial charge in [-0.1, -0.05) is 0 Å². The summed E-state index contributed by atoms with van der Waals surface area (Å²) in [5.41, 5.74) is 10.6. The molecule has 1 aromatic rings. The predicted octanol–water partition coefficient (Wildman–Crippen LogP) is 0.973. The summed E-state index contributed by atoms with van der Waals surface area (Å²) in [4.78, 5) is 7.59. The van der Waals surface area contributed by atoms with Gasteiger partial charge in [-0.25, -0.2) is 9.98 Å². The van der Waals surface area contributed by atoms with Crippen molar-refractivity contribution >= 4 is 12.4 Å². The Hall–Kier alpha value is -4.60. The Labute approximate surface area is 149 Å². The SMILES string of the molecule is Cc1cc(C=N/C(C#N)=C(\N)C#N)c(O)c(C=N/C(C#N)=C(\N)C#N)c1. The van der Waals surface area contributed by atoms with Crippen LogP contribution in [-0.4, -0.2) is 17.5 Å². The normalized spacial score (nSPS) is 12.5. The van der Waals surface area contributed by atoms with Crippen molar-refractivity contribution in [2.45, 2.75) is 6.92 Å². The largest absolute Gasteiger partial charge is 0.507 e. The summed E-state index contributed by atoms with van der Waals surface area (Å²) in [6.45, 7) is 1.74. The number of rotatable bonds is 4. The molecule has 0 heterocycles. The summed E-state index contributed by atoms with van der Waals surface area (Å²) < 4.78 is 0. The lowest BCUT2D eigenvalue weighted by Gasteiger charge is -2.05. The van der Waals surface area contributed by atoms with Crippen LogP contribution in [0.25, 0.3) is 0 Å². The highest BCUT2D eigenvalue weighted by Gasteiger charge is 2.08. The van der Waals surface area contributed by atoms with E-state index in [0.29, 0.717) is 0 Å². The molecule has 0 unspecified atom stereocenters. The highest BCUT2D eigenvalue weighted by molar-refractivity contribution is 5.93. The van der Waals surface area contributed by atoms with Crippen molar-refractivity contribution in [1.29, 1.82) is 21.0 Å². The fourth-order valence-electron chi connectivity index (χ4n) is 1.72. The zero-order valence-electron chi connectivity index (χ0n) is 13.6. The van der Waals surface area contributed by atoms with Crippen molar-refractivity contribution in [2.75, 3.05) is 0 Å². The smallest absolute Gasteiger partial charge is 0.174 e. The van der Waals surface area contributed by atoms with Gasteiger partial charge in [0.25, 0.3) is 0 Å². The van der Waals surface area contributed by atoms with Crippen LogP contribution in [0.2, 0.25) is 0 Å². The lowest BCUT2D eigenvalue weighted by atomic mass is 10.1. The molecular formula is C17H12N8O. The van der Waals surface area contributed by atoms with Gasteiger partial charge in [0.1, 0.15) is 41.4 Å². The number of benzene rings is 1. The third-order valence-corrected chi connectivity index (χ3v) is 2.94. The lowest BCUT2D eigenvalue weighted by Crippen LogP contribution is -1.99. The number of phenols is 1. The number of nitriles is 4. The van der Waals surface area contributed by atoms with Crippen molar-refractivity contribution in [3.8, 4) is 30.0 Å². The molecule has 26 heavy (non-hydrogen) atoms. The molecule has 0 aliphatic rings. The first-order chi connectivity index (χ1) is 12.4. The molecule has 126 valence electrons. The fraction of sp³-hybridized carbons (Fsp3) is 0.0588. The number of hydrogen-bond acceptors (Lipinski definition) is 9. The van der Waals surface area contributed by atoms with Gasteiger partial charge in [0.05, 0.1) is 0 Å². The molecule has 0 spiro atoms. The van der Waals surface area contributed by atoms with Crippen LogP contribution in [0.1, 0.15) is 16.7 Å². The van der Waals surface area contributed by atoms with E-state index in [-0.39, 0.29) is 39.7 Å². The van der Waals surface area contributed by atoms with E-state index in [1.165, 1.54) is 12.4 Å². The Kier molecular flexibility index (Phi) is 6.64. The first-order valence-corrected chi connectivity index (χ1v) is 6.89. The highest BCUT2D eigenvalue weighted by Crippen LogP contribution is 2.22. The van der Waals surface area contributed by atoms with Crippen molar-refractivity contribution in [2.24, 2.45) is 21.5 Å². The molecule has 0 atom stereocenters. The third-order valence-electron chi connectivity index (χ3n) is 2.94. The van der Waals surface area contributed by atoms with E-state index in [2.05, 4.69) is 9.98 Å². The minimum Gasteiger partial charge on any atom is -0.507 e. The maximum absolute atomic E-state index is 10.3.